The maximum Gasteiger partial charge on any atom is 0.287 e. The lowest BCUT2D eigenvalue weighted by Gasteiger charge is -2.27. The van der Waals surface area contributed by atoms with E-state index in [0.29, 0.717) is 53.4 Å². The fourth-order valence-corrected chi connectivity index (χ4v) is 5.16. The second-order valence-corrected chi connectivity index (χ2v) is 8.99. The van der Waals surface area contributed by atoms with Crippen molar-refractivity contribution in [3.8, 4) is 0 Å². The number of aliphatic imine (C=N–C) groups is 1. The van der Waals surface area contributed by atoms with E-state index in [4.69, 9.17) is 16.3 Å². The lowest BCUT2D eigenvalue weighted by Crippen LogP contribution is -2.38. The molecule has 0 radical (unpaired) electrons. The van der Waals surface area contributed by atoms with Gasteiger partial charge in [0.05, 0.1) is 29.4 Å². The summed E-state index contributed by atoms with van der Waals surface area (Å²) in [5.74, 6) is -1.21. The summed E-state index contributed by atoms with van der Waals surface area (Å²) < 4.78 is 5.37. The zero-order valence-corrected chi connectivity index (χ0v) is 19.0. The Morgan fingerprint density at radius 3 is 2.70 bits per heavy atom. The number of nitrogens with one attached hydrogen (secondary N) is 1. The Kier molecular flexibility index (Phi) is 5.92. The van der Waals surface area contributed by atoms with Gasteiger partial charge in [0.25, 0.3) is 11.8 Å². The van der Waals surface area contributed by atoms with E-state index in [-0.39, 0.29) is 22.9 Å². The van der Waals surface area contributed by atoms with Gasteiger partial charge in [0.15, 0.2) is 5.17 Å². The van der Waals surface area contributed by atoms with Gasteiger partial charge in [0, 0.05) is 29.4 Å². The number of rotatable bonds is 3. The summed E-state index contributed by atoms with van der Waals surface area (Å²) in [6.07, 6.45) is 0. The van der Waals surface area contributed by atoms with Crippen molar-refractivity contribution >= 4 is 63.2 Å². The molecule has 0 aromatic heterocycles. The number of hydrogen-bond acceptors (Lipinski definition) is 6. The van der Waals surface area contributed by atoms with Gasteiger partial charge in [0.2, 0.25) is 5.91 Å². The van der Waals surface area contributed by atoms with Crippen molar-refractivity contribution in [2.24, 2.45) is 4.99 Å². The van der Waals surface area contributed by atoms with E-state index in [2.05, 4.69) is 10.3 Å². The van der Waals surface area contributed by atoms with Crippen LogP contribution < -0.4 is 10.2 Å². The topological polar surface area (TPSA) is 91.3 Å². The molecule has 0 spiro atoms. The summed E-state index contributed by atoms with van der Waals surface area (Å²) in [5, 5.41) is 3.83. The monoisotopic (exact) mass is 482 g/mol. The van der Waals surface area contributed by atoms with E-state index in [1.807, 2.05) is 4.90 Å². The van der Waals surface area contributed by atoms with Gasteiger partial charge in [-0.25, -0.2) is 0 Å². The molecule has 0 bridgehead atoms. The average molecular weight is 483 g/mol. The van der Waals surface area contributed by atoms with Crippen molar-refractivity contribution in [3.63, 3.8) is 0 Å². The van der Waals surface area contributed by atoms with Gasteiger partial charge in [-0.2, -0.15) is 4.99 Å². The van der Waals surface area contributed by atoms with Crippen LogP contribution in [0.25, 0.3) is 5.57 Å². The molecule has 1 saturated heterocycles. The number of thioether (sulfide) groups is 1. The third-order valence-corrected chi connectivity index (χ3v) is 6.78. The predicted molar refractivity (Wildman–Crippen MR) is 128 cm³/mol. The van der Waals surface area contributed by atoms with E-state index in [9.17, 15) is 14.4 Å². The number of halogens is 1. The minimum absolute atomic E-state index is 0.199. The van der Waals surface area contributed by atoms with Crippen LogP contribution in [0.3, 0.4) is 0 Å². The van der Waals surface area contributed by atoms with Crippen LogP contribution in [0.5, 0.6) is 0 Å². The Labute approximate surface area is 199 Å². The van der Waals surface area contributed by atoms with E-state index in [0.717, 1.165) is 0 Å². The van der Waals surface area contributed by atoms with Crippen LogP contribution in [0.1, 0.15) is 5.56 Å². The normalized spacial score (nSPS) is 20.2. The van der Waals surface area contributed by atoms with Crippen LogP contribution in [-0.2, 0) is 19.1 Å². The first-order valence-electron chi connectivity index (χ1n) is 10.4. The minimum atomic E-state index is -0.440. The largest absolute Gasteiger partial charge is 0.378 e. The highest BCUT2D eigenvalue weighted by Gasteiger charge is 2.40. The summed E-state index contributed by atoms with van der Waals surface area (Å²) in [5.41, 5.74) is 2.02. The number of nitrogens with zero attached hydrogens (tertiary/aromatic N) is 3. The molecule has 33 heavy (non-hydrogen) atoms. The number of amidine groups is 1. The van der Waals surface area contributed by atoms with Crippen LogP contribution in [0.15, 0.2) is 58.4 Å². The molecule has 3 aliphatic heterocycles. The summed E-state index contributed by atoms with van der Waals surface area (Å²) >= 11 is 7.19. The smallest absolute Gasteiger partial charge is 0.287 e. The summed E-state index contributed by atoms with van der Waals surface area (Å²) in [6, 6.07) is 13.9. The molecule has 2 aromatic rings. The molecule has 168 valence electrons. The van der Waals surface area contributed by atoms with E-state index in [1.165, 1.54) is 16.7 Å². The second-order valence-electron chi connectivity index (χ2n) is 7.57. The number of anilines is 2. The number of hydrogen-bond donors (Lipinski definition) is 1. The maximum absolute atomic E-state index is 13.4. The molecule has 0 unspecified atom stereocenters. The molecule has 8 nitrogen and oxygen atoms in total. The standard InChI is InChI=1S/C23H19ClN4O4S/c24-14-4-3-5-15(12-14)25-18(29)13-28-17-7-2-1-6-16(17)19(22(28)31)20-21(30)26-23(33-20)27-8-10-32-11-9-27/h1-7,12H,8-11,13H2,(H,25,29). The Morgan fingerprint density at radius 2 is 1.91 bits per heavy atom. The molecule has 1 fully saturated rings. The van der Waals surface area contributed by atoms with Crippen LogP contribution in [0.2, 0.25) is 5.02 Å². The Bertz CT molecular complexity index is 1220. The van der Waals surface area contributed by atoms with Gasteiger partial charge in [-0.15, -0.1) is 0 Å². The van der Waals surface area contributed by atoms with Crippen molar-refractivity contribution in [2.75, 3.05) is 43.1 Å². The van der Waals surface area contributed by atoms with Crippen molar-refractivity contribution in [3.05, 3.63) is 64.0 Å². The van der Waals surface area contributed by atoms with E-state index < -0.39 is 11.8 Å². The zero-order valence-electron chi connectivity index (χ0n) is 17.4. The van der Waals surface area contributed by atoms with Crippen LogP contribution in [0.4, 0.5) is 11.4 Å². The van der Waals surface area contributed by atoms with Crippen molar-refractivity contribution in [1.82, 2.24) is 4.90 Å². The number of benzene rings is 2. The highest BCUT2D eigenvalue weighted by Crippen LogP contribution is 2.43. The Balaban J connectivity index is 1.41. The first-order chi connectivity index (χ1) is 16.0. The lowest BCUT2D eigenvalue weighted by atomic mass is 10.1. The first-order valence-corrected chi connectivity index (χ1v) is 11.6. The predicted octanol–water partition coefficient (Wildman–Crippen LogP) is 3.00. The zero-order chi connectivity index (χ0) is 22.9. The van der Waals surface area contributed by atoms with Gasteiger partial charge >= 0.3 is 0 Å². The molecule has 3 amide bonds. The molecule has 3 heterocycles. The summed E-state index contributed by atoms with van der Waals surface area (Å²) in [7, 11) is 0. The Hall–Kier alpha value is -3.14. The summed E-state index contributed by atoms with van der Waals surface area (Å²) in [4.78, 5) is 46.8. The highest BCUT2D eigenvalue weighted by molar-refractivity contribution is 8.18. The SMILES string of the molecule is O=C(CN1C(=O)C(=C2SC(N3CCOCC3)=NC2=O)c2ccccc21)Nc1cccc(Cl)c1. The molecule has 10 heteroatoms. The van der Waals surface area contributed by atoms with Gasteiger partial charge in [-0.1, -0.05) is 35.9 Å². The van der Waals surface area contributed by atoms with Gasteiger partial charge < -0.3 is 15.0 Å². The number of ether oxygens (including phenoxy) is 1. The van der Waals surface area contributed by atoms with E-state index in [1.54, 1.807) is 48.5 Å². The molecule has 0 atom stereocenters. The molecule has 3 aliphatic rings. The maximum atomic E-state index is 13.4. The van der Waals surface area contributed by atoms with Crippen molar-refractivity contribution < 1.29 is 19.1 Å². The number of carbonyl (C=O) groups is 3. The summed E-state index contributed by atoms with van der Waals surface area (Å²) in [6.45, 7) is 2.22. The number of para-hydroxylation sites is 1. The molecule has 0 aliphatic carbocycles. The fraction of sp³-hybridized carbons (Fsp3) is 0.217. The van der Waals surface area contributed by atoms with E-state index >= 15 is 0 Å². The van der Waals surface area contributed by atoms with Crippen LogP contribution in [-0.4, -0.2) is 60.6 Å². The number of carbonyl (C=O) groups excluding carboxylic acids is 3. The van der Waals surface area contributed by atoms with Crippen molar-refractivity contribution in [1.29, 1.82) is 0 Å². The Morgan fingerprint density at radius 1 is 1.12 bits per heavy atom. The van der Waals surface area contributed by atoms with Gasteiger partial charge in [-0.3, -0.25) is 19.3 Å². The fourth-order valence-electron chi connectivity index (χ4n) is 3.91. The lowest BCUT2D eigenvalue weighted by molar-refractivity contribution is -0.118. The molecular formula is C23H19ClN4O4S. The minimum Gasteiger partial charge on any atom is -0.378 e. The molecule has 2 aromatic carbocycles. The highest BCUT2D eigenvalue weighted by atomic mass is 35.5. The van der Waals surface area contributed by atoms with Gasteiger partial charge in [0.1, 0.15) is 6.54 Å². The van der Waals surface area contributed by atoms with Gasteiger partial charge in [-0.05, 0) is 36.0 Å². The third-order valence-electron chi connectivity index (χ3n) is 5.43. The van der Waals surface area contributed by atoms with Crippen LogP contribution >= 0.6 is 23.4 Å². The quantitative estimate of drug-likeness (QED) is 0.676. The van der Waals surface area contributed by atoms with Crippen LogP contribution in [0, 0.1) is 0 Å². The molecular weight excluding hydrogens is 464 g/mol. The molecule has 0 saturated carbocycles. The molecule has 5 rings (SSSR count). The first kappa shape index (κ1) is 21.7. The average Bonchev–Trinajstić information content (AvgIpc) is 3.31. The number of fused-ring (bicyclic) bond motifs is 1. The van der Waals surface area contributed by atoms with Crippen molar-refractivity contribution in [2.45, 2.75) is 0 Å². The molecule has 1 N–H and O–H groups in total. The number of morpholine rings is 1. The third kappa shape index (κ3) is 4.27. The second kappa shape index (κ2) is 9.01. The number of amides is 3.